The normalized spacial score (nSPS) is 16.5. The highest BCUT2D eigenvalue weighted by Crippen LogP contribution is 2.52. The lowest BCUT2D eigenvalue weighted by Gasteiger charge is -2.24. The summed E-state index contributed by atoms with van der Waals surface area (Å²) in [5.74, 6) is -4.26. The summed E-state index contributed by atoms with van der Waals surface area (Å²) in [5, 5.41) is 11.6. The van der Waals surface area contributed by atoms with E-state index in [0.29, 0.717) is 28.3 Å². The number of ether oxygens (including phenoxy) is 4. The van der Waals surface area contributed by atoms with Crippen LogP contribution in [0.3, 0.4) is 0 Å². The van der Waals surface area contributed by atoms with Crippen molar-refractivity contribution in [1.29, 1.82) is 0 Å². The van der Waals surface area contributed by atoms with Gasteiger partial charge in [-0.2, -0.15) is 0 Å². The molecule has 8 nitrogen and oxygen atoms in total. The van der Waals surface area contributed by atoms with E-state index in [4.69, 9.17) is 36.3 Å². The fraction of sp³-hybridized carbons (Fsp3) is 0.440. The quantitative estimate of drug-likeness (QED) is 0.343. The summed E-state index contributed by atoms with van der Waals surface area (Å²) in [6, 6.07) is 6.95. The molecule has 0 radical (unpaired) electrons. The molecule has 0 saturated carbocycles. The molecule has 0 saturated heterocycles. The molecule has 34 heavy (non-hydrogen) atoms. The summed E-state index contributed by atoms with van der Waals surface area (Å²) in [7, 11) is 0. The maximum absolute atomic E-state index is 12.9. The lowest BCUT2D eigenvalue weighted by molar-refractivity contribution is -0.202. The third-order valence-corrected chi connectivity index (χ3v) is 6.33. The van der Waals surface area contributed by atoms with E-state index in [9.17, 15) is 14.7 Å². The second-order valence-corrected chi connectivity index (χ2v) is 8.69. The van der Waals surface area contributed by atoms with Crippen molar-refractivity contribution < 1.29 is 33.6 Å². The zero-order valence-corrected chi connectivity index (χ0v) is 19.9. The maximum Gasteiger partial charge on any atom is 0.453 e. The number of benzene rings is 2. The van der Waals surface area contributed by atoms with Crippen LogP contribution in [-0.2, 0) is 38.3 Å². The van der Waals surface area contributed by atoms with Crippen LogP contribution in [0.1, 0.15) is 55.0 Å². The Morgan fingerprint density at radius 3 is 2.32 bits per heavy atom. The number of nitrogens with two attached hydrogens (primary N) is 1. The standard InChI is InChI=1S/C25H28ClNO7/c1-3-31-23(29)25(24(30)32-4-2)33-21-18(13-19(28)14-8-7-9-15(26)12-14)16-10-5-6-11-17(16)20(27)22(21)34-25/h7-9,12,19,28H,3-6,10-11,13,27H2,1-2H3. The van der Waals surface area contributed by atoms with Crippen molar-refractivity contribution in [2.75, 3.05) is 18.9 Å². The van der Waals surface area contributed by atoms with Crippen molar-refractivity contribution in [2.24, 2.45) is 0 Å². The first kappa shape index (κ1) is 24.2. The largest absolute Gasteiger partial charge is 0.460 e. The van der Waals surface area contributed by atoms with Gasteiger partial charge in [0.25, 0.3) is 0 Å². The van der Waals surface area contributed by atoms with Crippen molar-refractivity contribution in [3.63, 3.8) is 0 Å². The van der Waals surface area contributed by atoms with Crippen LogP contribution >= 0.6 is 11.6 Å². The molecule has 182 valence electrons. The molecule has 2 aliphatic rings. The Morgan fingerprint density at radius 1 is 1.09 bits per heavy atom. The summed E-state index contributed by atoms with van der Waals surface area (Å²) in [5.41, 5.74) is 9.88. The van der Waals surface area contributed by atoms with Gasteiger partial charge in [-0.1, -0.05) is 23.7 Å². The number of aliphatic hydroxyl groups is 1. The highest BCUT2D eigenvalue weighted by molar-refractivity contribution is 6.30. The first-order valence-corrected chi connectivity index (χ1v) is 11.8. The molecule has 0 spiro atoms. The van der Waals surface area contributed by atoms with Crippen LogP contribution in [0, 0.1) is 0 Å². The average molecular weight is 490 g/mol. The van der Waals surface area contributed by atoms with Gasteiger partial charge in [0.05, 0.1) is 25.0 Å². The van der Waals surface area contributed by atoms with Gasteiger partial charge in [-0.05, 0) is 68.4 Å². The molecule has 1 unspecified atom stereocenters. The third kappa shape index (κ3) is 4.16. The van der Waals surface area contributed by atoms with E-state index < -0.39 is 23.8 Å². The van der Waals surface area contributed by atoms with Gasteiger partial charge < -0.3 is 29.8 Å². The van der Waals surface area contributed by atoms with Gasteiger partial charge in [-0.25, -0.2) is 9.59 Å². The van der Waals surface area contributed by atoms with E-state index >= 15 is 0 Å². The molecule has 1 aliphatic heterocycles. The molecule has 0 fully saturated rings. The van der Waals surface area contributed by atoms with Crippen LogP contribution in [0.25, 0.3) is 0 Å². The SMILES string of the molecule is CCOC(=O)C1(C(=O)OCC)Oc2c(N)c3c(c(CC(O)c4cccc(Cl)c4)c2O1)CCCC3. The lowest BCUT2D eigenvalue weighted by atomic mass is 9.84. The number of anilines is 1. The third-order valence-electron chi connectivity index (χ3n) is 6.09. The van der Waals surface area contributed by atoms with Crippen molar-refractivity contribution in [3.8, 4) is 11.5 Å². The maximum atomic E-state index is 12.9. The molecule has 2 aromatic rings. The second kappa shape index (κ2) is 9.72. The highest BCUT2D eigenvalue weighted by atomic mass is 35.5. The molecule has 4 rings (SSSR count). The van der Waals surface area contributed by atoms with Gasteiger partial charge in [0, 0.05) is 17.0 Å². The summed E-state index contributed by atoms with van der Waals surface area (Å²) >= 11 is 6.11. The number of hydrogen-bond acceptors (Lipinski definition) is 8. The fourth-order valence-electron chi connectivity index (χ4n) is 4.53. The van der Waals surface area contributed by atoms with E-state index in [1.165, 1.54) is 0 Å². The number of carbonyl (C=O) groups is 2. The molecule has 1 aliphatic carbocycles. The molecular weight excluding hydrogens is 462 g/mol. The van der Waals surface area contributed by atoms with Gasteiger partial charge in [0.15, 0.2) is 11.5 Å². The molecule has 1 heterocycles. The van der Waals surface area contributed by atoms with E-state index in [1.54, 1.807) is 38.1 Å². The minimum Gasteiger partial charge on any atom is -0.460 e. The molecule has 3 N–H and O–H groups in total. The van der Waals surface area contributed by atoms with Crippen molar-refractivity contribution in [1.82, 2.24) is 0 Å². The van der Waals surface area contributed by atoms with E-state index in [1.807, 2.05) is 0 Å². The predicted molar refractivity (Wildman–Crippen MR) is 125 cm³/mol. The summed E-state index contributed by atoms with van der Waals surface area (Å²) in [6.07, 6.45) is 2.54. The average Bonchev–Trinajstić information content (AvgIpc) is 3.24. The Labute approximate surface area is 202 Å². The molecule has 0 aromatic heterocycles. The van der Waals surface area contributed by atoms with E-state index in [2.05, 4.69) is 0 Å². The summed E-state index contributed by atoms with van der Waals surface area (Å²) in [4.78, 5) is 25.8. The van der Waals surface area contributed by atoms with Gasteiger partial charge in [0.1, 0.15) is 0 Å². The fourth-order valence-corrected chi connectivity index (χ4v) is 4.73. The second-order valence-electron chi connectivity index (χ2n) is 8.25. The van der Waals surface area contributed by atoms with E-state index in [-0.39, 0.29) is 31.1 Å². The van der Waals surface area contributed by atoms with Crippen LogP contribution in [-0.4, -0.2) is 36.0 Å². The number of hydrogen-bond donors (Lipinski definition) is 2. The van der Waals surface area contributed by atoms with Gasteiger partial charge in [-0.15, -0.1) is 0 Å². The predicted octanol–water partition coefficient (Wildman–Crippen LogP) is 3.67. The molecule has 2 aromatic carbocycles. The first-order chi connectivity index (χ1) is 16.3. The number of aliphatic hydroxyl groups excluding tert-OH is 1. The Balaban J connectivity index is 1.83. The van der Waals surface area contributed by atoms with Crippen LogP contribution in [0.4, 0.5) is 5.69 Å². The number of halogens is 1. The first-order valence-electron chi connectivity index (χ1n) is 11.4. The minimum atomic E-state index is -2.46. The minimum absolute atomic E-state index is 0.00930. The van der Waals surface area contributed by atoms with Crippen LogP contribution in [0.5, 0.6) is 11.5 Å². The monoisotopic (exact) mass is 489 g/mol. The molecular formula is C25H28ClNO7. The number of rotatable bonds is 7. The Kier molecular flexibility index (Phi) is 6.91. The van der Waals surface area contributed by atoms with Crippen LogP contribution in [0.2, 0.25) is 5.02 Å². The summed E-state index contributed by atoms with van der Waals surface area (Å²) in [6.45, 7) is 3.24. The van der Waals surface area contributed by atoms with Crippen molar-refractivity contribution in [3.05, 3.63) is 51.5 Å². The van der Waals surface area contributed by atoms with Crippen LogP contribution < -0.4 is 15.2 Å². The summed E-state index contributed by atoms with van der Waals surface area (Å²) < 4.78 is 22.0. The van der Waals surface area contributed by atoms with Crippen molar-refractivity contribution >= 4 is 29.2 Å². The molecule has 0 bridgehead atoms. The lowest BCUT2D eigenvalue weighted by Crippen LogP contribution is -2.56. The smallest absolute Gasteiger partial charge is 0.453 e. The number of esters is 2. The molecule has 9 heteroatoms. The van der Waals surface area contributed by atoms with Crippen molar-refractivity contribution in [2.45, 2.75) is 57.8 Å². The topological polar surface area (TPSA) is 117 Å². The highest BCUT2D eigenvalue weighted by Gasteiger charge is 2.61. The van der Waals surface area contributed by atoms with Gasteiger partial charge in [-0.3, -0.25) is 0 Å². The van der Waals surface area contributed by atoms with Crippen LogP contribution in [0.15, 0.2) is 24.3 Å². The zero-order chi connectivity index (χ0) is 24.5. The van der Waals surface area contributed by atoms with E-state index in [0.717, 1.165) is 30.4 Å². The Hall–Kier alpha value is -2.97. The van der Waals surface area contributed by atoms with Gasteiger partial charge in [0.2, 0.25) is 0 Å². The number of carbonyl (C=O) groups excluding carboxylic acids is 2. The zero-order valence-electron chi connectivity index (χ0n) is 19.2. The van der Waals surface area contributed by atoms with Gasteiger partial charge >= 0.3 is 17.7 Å². The Bertz CT molecular complexity index is 1100. The Morgan fingerprint density at radius 2 is 1.71 bits per heavy atom. The molecule has 0 amide bonds. The number of fused-ring (bicyclic) bond motifs is 2. The molecule has 1 atom stereocenters. The number of nitrogen functional groups attached to an aromatic ring is 1.